The van der Waals surface area contributed by atoms with Crippen molar-refractivity contribution >= 4 is 11.9 Å². The van der Waals surface area contributed by atoms with Gasteiger partial charge in [-0.3, -0.25) is 9.59 Å². The van der Waals surface area contributed by atoms with E-state index in [4.69, 9.17) is 4.74 Å². The summed E-state index contributed by atoms with van der Waals surface area (Å²) in [5.41, 5.74) is 0. The summed E-state index contributed by atoms with van der Waals surface area (Å²) in [6.07, 6.45) is 59.9. The summed E-state index contributed by atoms with van der Waals surface area (Å²) in [7, 11) is 0. The number of hydrogen-bond donors (Lipinski definition) is 3. The molecule has 0 saturated heterocycles. The van der Waals surface area contributed by atoms with Crippen LogP contribution in [0.2, 0.25) is 0 Å². The number of rotatable bonds is 46. The Morgan fingerprint density at radius 1 is 0.492 bits per heavy atom. The molecule has 0 aliphatic heterocycles. The number of amides is 1. The Labute approximate surface area is 378 Å². The number of unbranched alkanes of at least 4 members (excludes halogenated alkanes) is 24. The first-order valence-corrected chi connectivity index (χ1v) is 26.0. The van der Waals surface area contributed by atoms with E-state index in [9.17, 15) is 19.8 Å². The van der Waals surface area contributed by atoms with Crippen molar-refractivity contribution in [3.8, 4) is 0 Å². The smallest absolute Gasteiger partial charge is 0.306 e. The average molecular weight is 854 g/mol. The van der Waals surface area contributed by atoms with Crippen molar-refractivity contribution in [2.75, 3.05) is 6.61 Å². The molecule has 0 aromatic carbocycles. The lowest BCUT2D eigenvalue weighted by atomic mass is 10.0. The van der Waals surface area contributed by atoms with E-state index in [1.54, 1.807) is 0 Å². The van der Waals surface area contributed by atoms with Crippen LogP contribution in [0.1, 0.15) is 252 Å². The van der Waals surface area contributed by atoms with Gasteiger partial charge in [-0.05, 0) is 70.6 Å². The van der Waals surface area contributed by atoms with Crippen LogP contribution in [0, 0.1) is 0 Å². The third-order valence-corrected chi connectivity index (χ3v) is 11.6. The lowest BCUT2D eigenvalue weighted by molar-refractivity contribution is -0.151. The quantitative estimate of drug-likeness (QED) is 0.0322. The van der Waals surface area contributed by atoms with Gasteiger partial charge in [-0.1, -0.05) is 229 Å². The average Bonchev–Trinajstić information content (AvgIpc) is 3.25. The second kappa shape index (κ2) is 48.6. The molecule has 0 heterocycles. The number of nitrogens with one attached hydrogen (secondary N) is 1. The van der Waals surface area contributed by atoms with Crippen molar-refractivity contribution in [3.05, 3.63) is 60.8 Å². The number of ether oxygens (including phenoxy) is 1. The van der Waals surface area contributed by atoms with E-state index in [1.165, 1.54) is 116 Å². The summed E-state index contributed by atoms with van der Waals surface area (Å²) in [4.78, 5) is 26.1. The van der Waals surface area contributed by atoms with Crippen molar-refractivity contribution in [1.29, 1.82) is 0 Å². The van der Waals surface area contributed by atoms with Crippen LogP contribution in [0.5, 0.6) is 0 Å². The third-order valence-electron chi connectivity index (χ3n) is 11.6. The van der Waals surface area contributed by atoms with Crippen LogP contribution in [-0.2, 0) is 14.3 Å². The Bertz CT molecular complexity index is 1090. The first-order chi connectivity index (χ1) is 30.0. The van der Waals surface area contributed by atoms with Crippen molar-refractivity contribution in [1.82, 2.24) is 5.32 Å². The zero-order valence-electron chi connectivity index (χ0n) is 40.3. The largest absolute Gasteiger partial charge is 0.462 e. The van der Waals surface area contributed by atoms with Gasteiger partial charge in [-0.25, -0.2) is 0 Å². The van der Waals surface area contributed by atoms with Gasteiger partial charge in [0.25, 0.3) is 0 Å². The highest BCUT2D eigenvalue weighted by atomic mass is 16.5. The molecule has 0 rings (SSSR count). The summed E-state index contributed by atoms with van der Waals surface area (Å²) < 4.78 is 5.92. The predicted octanol–water partition coefficient (Wildman–Crippen LogP) is 15.6. The molecule has 6 heteroatoms. The molecule has 6 nitrogen and oxygen atoms in total. The summed E-state index contributed by atoms with van der Waals surface area (Å²) in [5.74, 6) is -0.507. The molecule has 0 fully saturated rings. The minimum absolute atomic E-state index is 0.0650. The van der Waals surface area contributed by atoms with Gasteiger partial charge in [0.1, 0.15) is 6.10 Å². The van der Waals surface area contributed by atoms with E-state index in [-0.39, 0.29) is 24.9 Å². The lowest BCUT2D eigenvalue weighted by Gasteiger charge is -2.24. The van der Waals surface area contributed by atoms with E-state index in [2.05, 4.69) is 86.8 Å². The highest BCUT2D eigenvalue weighted by Gasteiger charge is 2.24. The Hall–Kier alpha value is -2.44. The molecule has 0 aromatic rings. The Balaban J connectivity index is 4.59. The molecule has 0 aliphatic rings. The number of carbonyl (C=O) groups excluding carboxylic acids is 2. The molecule has 61 heavy (non-hydrogen) atoms. The van der Waals surface area contributed by atoms with Crippen molar-refractivity contribution in [2.24, 2.45) is 0 Å². The van der Waals surface area contributed by atoms with Crippen LogP contribution < -0.4 is 5.32 Å². The van der Waals surface area contributed by atoms with E-state index in [0.29, 0.717) is 19.3 Å². The SMILES string of the molecule is CC/C=C\C/C=C\C/C=C\C/C=C\C/C=C\CCCCCC(=O)OC(CCCCCCCCCCCCCC)CC(=O)NC(CO)C(O)CCCCCCCCCCCCC. The number of aliphatic hydroxyl groups is 2. The van der Waals surface area contributed by atoms with Crippen LogP contribution >= 0.6 is 0 Å². The van der Waals surface area contributed by atoms with Crippen molar-refractivity contribution in [3.63, 3.8) is 0 Å². The molecule has 0 spiro atoms. The van der Waals surface area contributed by atoms with Gasteiger partial charge in [0, 0.05) is 6.42 Å². The second-order valence-electron chi connectivity index (χ2n) is 17.5. The Morgan fingerprint density at radius 3 is 1.33 bits per heavy atom. The van der Waals surface area contributed by atoms with Crippen molar-refractivity contribution < 1.29 is 24.5 Å². The summed E-state index contributed by atoms with van der Waals surface area (Å²) in [5, 5.41) is 23.7. The molecular weight excluding hydrogens is 755 g/mol. The molecule has 1 amide bonds. The monoisotopic (exact) mass is 854 g/mol. The van der Waals surface area contributed by atoms with E-state index in [0.717, 1.165) is 89.9 Å². The van der Waals surface area contributed by atoms with Gasteiger partial charge in [0.05, 0.1) is 25.2 Å². The number of carbonyl (C=O) groups is 2. The number of allylic oxidation sites excluding steroid dienone is 10. The molecule has 0 bridgehead atoms. The maximum absolute atomic E-state index is 13.2. The van der Waals surface area contributed by atoms with E-state index >= 15 is 0 Å². The maximum Gasteiger partial charge on any atom is 0.306 e. The summed E-state index contributed by atoms with van der Waals surface area (Å²) in [6, 6.07) is -0.707. The molecular formula is C55H99NO5. The first kappa shape index (κ1) is 58.6. The summed E-state index contributed by atoms with van der Waals surface area (Å²) >= 11 is 0. The second-order valence-corrected chi connectivity index (χ2v) is 17.5. The van der Waals surface area contributed by atoms with Crippen LogP contribution in [-0.4, -0.2) is 46.9 Å². The minimum Gasteiger partial charge on any atom is -0.462 e. The molecule has 0 aromatic heterocycles. The molecule has 354 valence electrons. The zero-order chi connectivity index (χ0) is 44.5. The van der Waals surface area contributed by atoms with Gasteiger partial charge >= 0.3 is 5.97 Å². The van der Waals surface area contributed by atoms with E-state index in [1.807, 2.05) is 0 Å². The zero-order valence-corrected chi connectivity index (χ0v) is 40.3. The fourth-order valence-electron chi connectivity index (χ4n) is 7.69. The molecule has 3 unspecified atom stereocenters. The Morgan fingerprint density at radius 2 is 0.885 bits per heavy atom. The normalized spacial score (nSPS) is 13.7. The van der Waals surface area contributed by atoms with Crippen LogP contribution in [0.4, 0.5) is 0 Å². The first-order valence-electron chi connectivity index (χ1n) is 26.0. The van der Waals surface area contributed by atoms with Gasteiger partial charge < -0.3 is 20.3 Å². The predicted molar refractivity (Wildman–Crippen MR) is 264 cm³/mol. The standard InChI is InChI=1S/C55H99NO5/c1-4-7-10-13-16-19-22-24-25-26-27-28-29-30-33-36-39-42-45-48-55(60)61-51(46-43-40-37-34-32-23-20-17-14-11-8-5-2)49-54(59)56-52(50-57)53(58)47-44-41-38-35-31-21-18-15-12-9-6-3/h7,10,16,19,24-25,27-28,30,33,51-53,57-58H,4-6,8-9,11-15,17-18,20-23,26,29,31-32,34-50H2,1-3H3,(H,56,59)/b10-7-,19-16-,25-24-,28-27-,33-30-. The number of esters is 1. The Kier molecular flexibility index (Phi) is 46.6. The van der Waals surface area contributed by atoms with E-state index < -0.39 is 18.2 Å². The molecule has 0 saturated carbocycles. The number of aliphatic hydroxyl groups excluding tert-OH is 2. The molecule has 3 N–H and O–H groups in total. The highest BCUT2D eigenvalue weighted by molar-refractivity contribution is 5.77. The van der Waals surface area contributed by atoms with Crippen LogP contribution in [0.3, 0.4) is 0 Å². The maximum atomic E-state index is 13.2. The fraction of sp³-hybridized carbons (Fsp3) is 0.782. The van der Waals surface area contributed by atoms with Gasteiger partial charge in [0.2, 0.25) is 5.91 Å². The fourth-order valence-corrected chi connectivity index (χ4v) is 7.69. The van der Waals surface area contributed by atoms with Crippen LogP contribution in [0.25, 0.3) is 0 Å². The molecule has 0 radical (unpaired) electrons. The van der Waals surface area contributed by atoms with Gasteiger partial charge in [0.15, 0.2) is 0 Å². The van der Waals surface area contributed by atoms with Gasteiger partial charge in [-0.2, -0.15) is 0 Å². The minimum atomic E-state index is -0.792. The highest BCUT2D eigenvalue weighted by Crippen LogP contribution is 2.18. The number of hydrogen-bond acceptors (Lipinski definition) is 5. The van der Waals surface area contributed by atoms with Crippen LogP contribution in [0.15, 0.2) is 60.8 Å². The summed E-state index contributed by atoms with van der Waals surface area (Å²) in [6.45, 7) is 6.36. The van der Waals surface area contributed by atoms with Gasteiger partial charge in [-0.15, -0.1) is 0 Å². The molecule has 0 aliphatic carbocycles. The third kappa shape index (κ3) is 44.0. The molecule has 3 atom stereocenters. The lowest BCUT2D eigenvalue weighted by Crippen LogP contribution is -2.46. The van der Waals surface area contributed by atoms with Crippen molar-refractivity contribution in [2.45, 2.75) is 270 Å². The topological polar surface area (TPSA) is 95.9 Å².